The molecule has 0 saturated heterocycles. The van der Waals surface area contributed by atoms with Crippen molar-refractivity contribution < 1.29 is 8.78 Å². The minimum atomic E-state index is -2.79. The number of benzene rings is 1. The standard InChI is InChI=1S/C22H30F2N4/c1-4-20(28-16-21-13-17(2)9-10-27-21)15-26-12-11-25-14-18-5-7-19(8-6-18)22(3,23)24/h4-10,13,25-26,28H,11-12,14-16H2,1-3H3/b20-4-. The van der Waals surface area contributed by atoms with E-state index in [1.165, 1.54) is 17.7 Å². The van der Waals surface area contributed by atoms with E-state index < -0.39 is 5.92 Å². The van der Waals surface area contributed by atoms with Crippen molar-refractivity contribution >= 4 is 0 Å². The number of alkyl halides is 2. The zero-order valence-corrected chi connectivity index (χ0v) is 16.9. The largest absolute Gasteiger partial charge is 0.382 e. The summed E-state index contributed by atoms with van der Waals surface area (Å²) in [6.45, 7) is 8.70. The van der Waals surface area contributed by atoms with Gasteiger partial charge in [0.25, 0.3) is 5.92 Å². The van der Waals surface area contributed by atoms with Crippen LogP contribution in [0.15, 0.2) is 54.4 Å². The van der Waals surface area contributed by atoms with Gasteiger partial charge in [0.15, 0.2) is 0 Å². The summed E-state index contributed by atoms with van der Waals surface area (Å²) in [5, 5.41) is 10.1. The van der Waals surface area contributed by atoms with Crippen LogP contribution in [0.2, 0.25) is 0 Å². The molecule has 2 aromatic rings. The highest BCUT2D eigenvalue weighted by molar-refractivity contribution is 5.25. The van der Waals surface area contributed by atoms with Crippen LogP contribution in [0.25, 0.3) is 0 Å². The van der Waals surface area contributed by atoms with Crippen molar-refractivity contribution in [3.8, 4) is 0 Å². The van der Waals surface area contributed by atoms with Crippen LogP contribution in [0.4, 0.5) is 8.78 Å². The number of rotatable bonds is 11. The van der Waals surface area contributed by atoms with E-state index in [1.807, 2.05) is 19.2 Å². The number of allylic oxidation sites excluding steroid dienone is 1. The van der Waals surface area contributed by atoms with Gasteiger partial charge in [-0.2, -0.15) is 0 Å². The Morgan fingerprint density at radius 1 is 1.07 bits per heavy atom. The van der Waals surface area contributed by atoms with Gasteiger partial charge in [-0.05, 0) is 37.1 Å². The fourth-order valence-corrected chi connectivity index (χ4v) is 2.71. The van der Waals surface area contributed by atoms with E-state index in [0.717, 1.165) is 43.5 Å². The highest BCUT2D eigenvalue weighted by Gasteiger charge is 2.23. The van der Waals surface area contributed by atoms with Crippen LogP contribution in [0, 0.1) is 6.92 Å². The molecule has 152 valence electrons. The summed E-state index contributed by atoms with van der Waals surface area (Å²) in [5.41, 5.74) is 4.39. The highest BCUT2D eigenvalue weighted by atomic mass is 19.3. The number of aromatic nitrogens is 1. The third-order valence-electron chi connectivity index (χ3n) is 4.40. The van der Waals surface area contributed by atoms with E-state index in [2.05, 4.69) is 40.0 Å². The number of nitrogens with one attached hydrogen (secondary N) is 3. The number of hydrogen-bond acceptors (Lipinski definition) is 4. The van der Waals surface area contributed by atoms with Gasteiger partial charge in [-0.1, -0.05) is 30.3 Å². The number of hydrogen-bond donors (Lipinski definition) is 3. The van der Waals surface area contributed by atoms with Crippen molar-refractivity contribution in [3.63, 3.8) is 0 Å². The van der Waals surface area contributed by atoms with Gasteiger partial charge in [0.05, 0.1) is 12.2 Å². The van der Waals surface area contributed by atoms with E-state index in [-0.39, 0.29) is 5.56 Å². The van der Waals surface area contributed by atoms with Crippen LogP contribution in [0.5, 0.6) is 0 Å². The molecule has 4 nitrogen and oxygen atoms in total. The first-order valence-electron chi connectivity index (χ1n) is 9.57. The number of aryl methyl sites for hydroxylation is 1. The Kier molecular flexibility index (Phi) is 8.54. The summed E-state index contributed by atoms with van der Waals surface area (Å²) < 4.78 is 26.4. The maximum atomic E-state index is 13.2. The Morgan fingerprint density at radius 2 is 1.79 bits per heavy atom. The Morgan fingerprint density at radius 3 is 2.43 bits per heavy atom. The van der Waals surface area contributed by atoms with Crippen molar-refractivity contribution in [2.75, 3.05) is 19.6 Å². The van der Waals surface area contributed by atoms with E-state index in [4.69, 9.17) is 0 Å². The molecule has 0 amide bonds. The lowest BCUT2D eigenvalue weighted by Crippen LogP contribution is -2.31. The van der Waals surface area contributed by atoms with E-state index in [0.29, 0.717) is 13.1 Å². The first kappa shape index (κ1) is 22.0. The summed E-state index contributed by atoms with van der Waals surface area (Å²) >= 11 is 0. The lowest BCUT2D eigenvalue weighted by Gasteiger charge is -2.13. The minimum Gasteiger partial charge on any atom is -0.382 e. The van der Waals surface area contributed by atoms with E-state index >= 15 is 0 Å². The molecule has 0 saturated carbocycles. The van der Waals surface area contributed by atoms with Crippen LogP contribution in [-0.2, 0) is 19.0 Å². The normalized spacial score (nSPS) is 12.2. The zero-order chi connectivity index (χ0) is 20.4. The average Bonchev–Trinajstić information content (AvgIpc) is 2.66. The van der Waals surface area contributed by atoms with E-state index in [9.17, 15) is 8.78 Å². The van der Waals surface area contributed by atoms with Crippen molar-refractivity contribution in [1.29, 1.82) is 0 Å². The molecule has 0 bridgehead atoms. The third kappa shape index (κ3) is 7.74. The fourth-order valence-electron chi connectivity index (χ4n) is 2.71. The van der Waals surface area contributed by atoms with Crippen LogP contribution >= 0.6 is 0 Å². The van der Waals surface area contributed by atoms with Crippen LogP contribution in [0.3, 0.4) is 0 Å². The molecule has 6 heteroatoms. The Hall–Kier alpha value is -2.31. The van der Waals surface area contributed by atoms with Crippen molar-refractivity contribution in [2.45, 2.75) is 39.8 Å². The van der Waals surface area contributed by atoms with Gasteiger partial charge in [-0.25, -0.2) is 8.78 Å². The van der Waals surface area contributed by atoms with Crippen molar-refractivity contribution in [1.82, 2.24) is 20.9 Å². The molecule has 0 spiro atoms. The van der Waals surface area contributed by atoms with Gasteiger partial charge in [0.1, 0.15) is 0 Å². The quantitative estimate of drug-likeness (QED) is 0.512. The molecular weight excluding hydrogens is 358 g/mol. The predicted molar refractivity (Wildman–Crippen MR) is 110 cm³/mol. The molecule has 1 heterocycles. The Labute approximate surface area is 166 Å². The highest BCUT2D eigenvalue weighted by Crippen LogP contribution is 2.26. The number of pyridine rings is 1. The molecule has 0 aliphatic heterocycles. The maximum absolute atomic E-state index is 13.2. The van der Waals surface area contributed by atoms with Crippen LogP contribution in [-0.4, -0.2) is 24.6 Å². The lowest BCUT2D eigenvalue weighted by molar-refractivity contribution is 0.0174. The predicted octanol–water partition coefficient (Wildman–Crippen LogP) is 3.87. The minimum absolute atomic E-state index is 0.0464. The summed E-state index contributed by atoms with van der Waals surface area (Å²) in [4.78, 5) is 4.35. The van der Waals surface area contributed by atoms with Crippen LogP contribution in [0.1, 0.15) is 36.2 Å². The van der Waals surface area contributed by atoms with Crippen molar-refractivity contribution in [3.05, 3.63) is 76.8 Å². The first-order chi connectivity index (χ1) is 13.4. The second-order valence-electron chi connectivity index (χ2n) is 6.93. The Balaban J connectivity index is 1.61. The molecule has 0 fully saturated rings. The molecule has 3 N–H and O–H groups in total. The van der Waals surface area contributed by atoms with Crippen LogP contribution < -0.4 is 16.0 Å². The summed E-state index contributed by atoms with van der Waals surface area (Å²) in [7, 11) is 0. The molecule has 0 unspecified atom stereocenters. The maximum Gasteiger partial charge on any atom is 0.270 e. The third-order valence-corrected chi connectivity index (χ3v) is 4.40. The Bertz CT molecular complexity index is 752. The van der Waals surface area contributed by atoms with Gasteiger partial charge in [0.2, 0.25) is 0 Å². The number of halogens is 2. The monoisotopic (exact) mass is 388 g/mol. The van der Waals surface area contributed by atoms with Gasteiger partial charge in [-0.15, -0.1) is 0 Å². The van der Waals surface area contributed by atoms with Gasteiger partial charge in [0, 0.05) is 50.6 Å². The molecule has 1 aromatic carbocycles. The SMILES string of the molecule is C/C=C(/CNCCNCc1ccc(C(C)(F)F)cc1)NCc1cc(C)ccn1. The smallest absolute Gasteiger partial charge is 0.270 e. The van der Waals surface area contributed by atoms with E-state index in [1.54, 1.807) is 12.1 Å². The molecular formula is C22H30F2N4. The second-order valence-corrected chi connectivity index (χ2v) is 6.93. The van der Waals surface area contributed by atoms with Gasteiger partial charge >= 0.3 is 0 Å². The zero-order valence-electron chi connectivity index (χ0n) is 16.9. The summed E-state index contributed by atoms with van der Waals surface area (Å²) in [5.74, 6) is -2.79. The molecule has 0 aliphatic carbocycles. The average molecular weight is 389 g/mol. The van der Waals surface area contributed by atoms with Gasteiger partial charge in [-0.3, -0.25) is 4.98 Å². The van der Waals surface area contributed by atoms with Gasteiger partial charge < -0.3 is 16.0 Å². The molecule has 1 aromatic heterocycles. The summed E-state index contributed by atoms with van der Waals surface area (Å²) in [6.07, 6.45) is 3.88. The molecule has 0 radical (unpaired) electrons. The topological polar surface area (TPSA) is 49.0 Å². The lowest BCUT2D eigenvalue weighted by atomic mass is 10.1. The first-order valence-corrected chi connectivity index (χ1v) is 9.57. The van der Waals surface area contributed by atoms with Crippen molar-refractivity contribution in [2.24, 2.45) is 0 Å². The molecule has 0 atom stereocenters. The molecule has 0 aliphatic rings. The fraction of sp³-hybridized carbons (Fsp3) is 0.409. The number of nitrogens with zero attached hydrogens (tertiary/aromatic N) is 1. The summed E-state index contributed by atoms with van der Waals surface area (Å²) in [6, 6.07) is 10.5. The molecule has 28 heavy (non-hydrogen) atoms. The second kappa shape index (κ2) is 10.9. The molecule has 2 rings (SSSR count).